The van der Waals surface area contributed by atoms with Crippen molar-refractivity contribution < 1.29 is 5.21 Å². The Labute approximate surface area is 92.3 Å². The molecule has 0 saturated carbocycles. The quantitative estimate of drug-likeness (QED) is 0.404. The topological polar surface area (TPSA) is 32.6 Å². The van der Waals surface area contributed by atoms with Gasteiger partial charge in [0.15, 0.2) is 0 Å². The third-order valence-electron chi connectivity index (χ3n) is 3.05. The lowest BCUT2D eigenvalue weighted by Crippen LogP contribution is -2.15. The lowest BCUT2D eigenvalue weighted by molar-refractivity contribution is 0.291. The van der Waals surface area contributed by atoms with Crippen LogP contribution in [0, 0.1) is 11.3 Å². The summed E-state index contributed by atoms with van der Waals surface area (Å²) in [7, 11) is 0. The Hall–Kier alpha value is -0.240. The molecule has 14 heavy (non-hydrogen) atoms. The van der Waals surface area contributed by atoms with Crippen molar-refractivity contribution in [2.75, 3.05) is 0 Å². The maximum absolute atomic E-state index is 8.58. The molecule has 1 N–H and O–H groups in total. The van der Waals surface area contributed by atoms with Gasteiger partial charge in [0, 0.05) is 5.92 Å². The Morgan fingerprint density at radius 3 is 2.36 bits per heavy atom. The molecule has 0 amide bonds. The van der Waals surface area contributed by atoms with Crippen LogP contribution in [0.15, 0.2) is 5.16 Å². The average molecular weight is 220 g/mol. The molecule has 0 saturated heterocycles. The monoisotopic (exact) mass is 219 g/mol. The predicted octanol–water partition coefficient (Wildman–Crippen LogP) is 4.26. The molecule has 0 heterocycles. The second-order valence-electron chi connectivity index (χ2n) is 4.58. The summed E-state index contributed by atoms with van der Waals surface area (Å²) in [6, 6.07) is 0. The summed E-state index contributed by atoms with van der Waals surface area (Å²) in [6.45, 7) is 8.77. The fourth-order valence-electron chi connectivity index (χ4n) is 1.32. The molecule has 3 heteroatoms. The first-order valence-corrected chi connectivity index (χ1v) is 5.72. The molecule has 0 radical (unpaired) electrons. The molecular formula is C11H22ClNO. The lowest BCUT2D eigenvalue weighted by Gasteiger charge is -2.24. The van der Waals surface area contributed by atoms with Crippen molar-refractivity contribution in [2.24, 2.45) is 16.5 Å². The largest absolute Gasteiger partial charge is 0.410 e. The molecule has 1 unspecified atom stereocenters. The van der Waals surface area contributed by atoms with Gasteiger partial charge in [0.1, 0.15) is 5.17 Å². The zero-order valence-electron chi connectivity index (χ0n) is 9.68. The van der Waals surface area contributed by atoms with Crippen molar-refractivity contribution in [3.63, 3.8) is 0 Å². The van der Waals surface area contributed by atoms with Gasteiger partial charge in [-0.25, -0.2) is 0 Å². The van der Waals surface area contributed by atoms with Crippen molar-refractivity contribution in [1.82, 2.24) is 0 Å². The Kier molecular flexibility index (Phi) is 6.17. The van der Waals surface area contributed by atoms with E-state index >= 15 is 0 Å². The first kappa shape index (κ1) is 13.8. The highest BCUT2D eigenvalue weighted by atomic mass is 35.5. The van der Waals surface area contributed by atoms with E-state index in [1.807, 2.05) is 0 Å². The standard InChI is InChI=1S/C11H22ClNO/c1-5-9(10(12)13-14)7-8-11(3,4)6-2/h9,14H,5-8H2,1-4H3/b13-10-. The minimum atomic E-state index is 0.215. The summed E-state index contributed by atoms with van der Waals surface area (Å²) in [4.78, 5) is 0. The molecule has 0 rings (SSSR count). The molecular weight excluding hydrogens is 198 g/mol. The van der Waals surface area contributed by atoms with Gasteiger partial charge in [0.2, 0.25) is 0 Å². The molecule has 1 atom stereocenters. The van der Waals surface area contributed by atoms with Gasteiger partial charge in [0.25, 0.3) is 0 Å². The fourth-order valence-corrected chi connectivity index (χ4v) is 1.58. The van der Waals surface area contributed by atoms with Gasteiger partial charge < -0.3 is 5.21 Å². The number of hydrogen-bond acceptors (Lipinski definition) is 2. The first-order chi connectivity index (χ1) is 6.46. The molecule has 2 nitrogen and oxygen atoms in total. The maximum atomic E-state index is 8.58. The van der Waals surface area contributed by atoms with E-state index in [1.54, 1.807) is 0 Å². The number of hydrogen-bond donors (Lipinski definition) is 1. The number of halogens is 1. The summed E-state index contributed by atoms with van der Waals surface area (Å²) in [5.41, 5.74) is 0.361. The fraction of sp³-hybridized carbons (Fsp3) is 0.909. The molecule has 0 aromatic carbocycles. The Bertz CT molecular complexity index is 190. The zero-order chi connectivity index (χ0) is 11.2. The molecule has 0 spiro atoms. The molecule has 0 aliphatic heterocycles. The van der Waals surface area contributed by atoms with Crippen molar-refractivity contribution >= 4 is 16.8 Å². The van der Waals surface area contributed by atoms with E-state index in [2.05, 4.69) is 32.9 Å². The Balaban J connectivity index is 4.09. The summed E-state index contributed by atoms with van der Waals surface area (Å²) < 4.78 is 0. The molecule has 0 aliphatic carbocycles. The number of rotatable bonds is 6. The van der Waals surface area contributed by atoms with Gasteiger partial charge in [-0.15, -0.1) is 0 Å². The van der Waals surface area contributed by atoms with Gasteiger partial charge >= 0.3 is 0 Å². The van der Waals surface area contributed by atoms with Gasteiger partial charge in [0.05, 0.1) is 0 Å². The highest BCUT2D eigenvalue weighted by Crippen LogP contribution is 2.29. The molecule has 0 bridgehead atoms. The molecule has 0 aromatic heterocycles. The highest BCUT2D eigenvalue weighted by Gasteiger charge is 2.19. The van der Waals surface area contributed by atoms with Gasteiger partial charge in [-0.2, -0.15) is 0 Å². The van der Waals surface area contributed by atoms with E-state index < -0.39 is 0 Å². The van der Waals surface area contributed by atoms with Crippen LogP contribution < -0.4 is 0 Å². The summed E-state index contributed by atoms with van der Waals surface area (Å²) in [6.07, 6.45) is 4.22. The van der Waals surface area contributed by atoms with E-state index in [0.717, 1.165) is 25.7 Å². The maximum Gasteiger partial charge on any atom is 0.148 e. The normalized spacial score (nSPS) is 15.6. The van der Waals surface area contributed by atoms with Crippen LogP contribution in [-0.4, -0.2) is 10.4 Å². The van der Waals surface area contributed by atoms with Crippen LogP contribution in [0.25, 0.3) is 0 Å². The summed E-state index contributed by atoms with van der Waals surface area (Å²) in [5.74, 6) is 0.215. The lowest BCUT2D eigenvalue weighted by atomic mass is 9.82. The first-order valence-electron chi connectivity index (χ1n) is 5.34. The third kappa shape index (κ3) is 4.85. The van der Waals surface area contributed by atoms with E-state index in [4.69, 9.17) is 16.8 Å². The minimum absolute atomic E-state index is 0.215. The van der Waals surface area contributed by atoms with Crippen LogP contribution in [0.1, 0.15) is 53.4 Å². The van der Waals surface area contributed by atoms with Gasteiger partial charge in [-0.1, -0.05) is 50.9 Å². The van der Waals surface area contributed by atoms with Crippen molar-refractivity contribution in [1.29, 1.82) is 0 Å². The zero-order valence-corrected chi connectivity index (χ0v) is 10.4. The second kappa shape index (κ2) is 6.28. The van der Waals surface area contributed by atoms with Crippen LogP contribution in [0.5, 0.6) is 0 Å². The van der Waals surface area contributed by atoms with E-state index in [-0.39, 0.29) is 5.92 Å². The van der Waals surface area contributed by atoms with E-state index in [0.29, 0.717) is 10.6 Å². The van der Waals surface area contributed by atoms with Gasteiger partial charge in [-0.3, -0.25) is 0 Å². The van der Waals surface area contributed by atoms with Crippen molar-refractivity contribution in [2.45, 2.75) is 53.4 Å². The van der Waals surface area contributed by atoms with Crippen molar-refractivity contribution in [3.05, 3.63) is 0 Å². The summed E-state index contributed by atoms with van der Waals surface area (Å²) in [5, 5.41) is 12.0. The Morgan fingerprint density at radius 1 is 1.43 bits per heavy atom. The van der Waals surface area contributed by atoms with Crippen molar-refractivity contribution in [3.8, 4) is 0 Å². The molecule has 0 aliphatic rings. The second-order valence-corrected chi connectivity index (χ2v) is 4.97. The van der Waals surface area contributed by atoms with E-state index in [1.165, 1.54) is 0 Å². The van der Waals surface area contributed by atoms with Crippen LogP contribution in [-0.2, 0) is 0 Å². The highest BCUT2D eigenvalue weighted by molar-refractivity contribution is 6.65. The number of oxime groups is 1. The van der Waals surface area contributed by atoms with Crippen LogP contribution in [0.4, 0.5) is 0 Å². The number of nitrogens with zero attached hydrogens (tertiary/aromatic N) is 1. The minimum Gasteiger partial charge on any atom is -0.410 e. The molecule has 84 valence electrons. The Morgan fingerprint density at radius 2 is 2.00 bits per heavy atom. The SMILES string of the molecule is CCC(CCC(C)(C)CC)/C(Cl)=N/O. The van der Waals surface area contributed by atoms with Crippen LogP contribution >= 0.6 is 11.6 Å². The average Bonchev–Trinajstić information content (AvgIpc) is 2.18. The predicted molar refractivity (Wildman–Crippen MR) is 62.2 cm³/mol. The summed E-state index contributed by atoms with van der Waals surface area (Å²) >= 11 is 5.80. The molecule has 0 aromatic rings. The van der Waals surface area contributed by atoms with Crippen LogP contribution in [0.3, 0.4) is 0 Å². The molecule has 0 fully saturated rings. The van der Waals surface area contributed by atoms with Crippen LogP contribution in [0.2, 0.25) is 0 Å². The third-order valence-corrected chi connectivity index (χ3v) is 3.44. The van der Waals surface area contributed by atoms with E-state index in [9.17, 15) is 0 Å². The smallest absolute Gasteiger partial charge is 0.148 e. The van der Waals surface area contributed by atoms with Gasteiger partial charge in [-0.05, 0) is 24.7 Å².